The summed E-state index contributed by atoms with van der Waals surface area (Å²) < 4.78 is 1.76. The van der Waals surface area contributed by atoms with E-state index in [-0.39, 0.29) is 0 Å². The van der Waals surface area contributed by atoms with Crippen molar-refractivity contribution in [3.05, 3.63) is 53.3 Å². The van der Waals surface area contributed by atoms with Gasteiger partial charge in [-0.1, -0.05) is 18.2 Å². The average Bonchev–Trinajstić information content (AvgIpc) is 2.57. The summed E-state index contributed by atoms with van der Waals surface area (Å²) in [5.74, 6) is -0.903. The molecule has 1 aromatic carbocycles. The van der Waals surface area contributed by atoms with E-state index in [9.17, 15) is 4.79 Å². The van der Waals surface area contributed by atoms with Gasteiger partial charge in [-0.2, -0.15) is 0 Å². The van der Waals surface area contributed by atoms with Crippen molar-refractivity contribution in [2.24, 2.45) is 0 Å². The Kier molecular flexibility index (Phi) is 2.52. The Morgan fingerprint density at radius 2 is 1.81 bits per heavy atom. The number of carboxylic acid groups (broad SMARTS) is 1. The summed E-state index contributed by atoms with van der Waals surface area (Å²) in [6, 6.07) is 11.2. The van der Waals surface area contributed by atoms with Gasteiger partial charge in [0.2, 0.25) is 0 Å². The molecular formula is C13H13NO2. The zero-order valence-corrected chi connectivity index (χ0v) is 9.27. The summed E-state index contributed by atoms with van der Waals surface area (Å²) in [6.45, 7) is 3.84. The zero-order chi connectivity index (χ0) is 11.7. The van der Waals surface area contributed by atoms with Crippen LogP contribution in [0.15, 0.2) is 36.4 Å². The van der Waals surface area contributed by atoms with Crippen LogP contribution in [0.2, 0.25) is 0 Å². The Bertz CT molecular complexity index is 526. The van der Waals surface area contributed by atoms with E-state index in [2.05, 4.69) is 0 Å². The van der Waals surface area contributed by atoms with Gasteiger partial charge in [-0.3, -0.25) is 0 Å². The molecule has 0 amide bonds. The van der Waals surface area contributed by atoms with Crippen LogP contribution in [0.25, 0.3) is 5.69 Å². The summed E-state index contributed by atoms with van der Waals surface area (Å²) >= 11 is 0. The van der Waals surface area contributed by atoms with Crippen molar-refractivity contribution in [1.82, 2.24) is 4.57 Å². The quantitative estimate of drug-likeness (QED) is 0.837. The molecule has 1 N–H and O–H groups in total. The number of hydrogen-bond acceptors (Lipinski definition) is 1. The van der Waals surface area contributed by atoms with Crippen LogP contribution in [0.3, 0.4) is 0 Å². The number of nitrogens with zero attached hydrogens (tertiary/aromatic N) is 1. The van der Waals surface area contributed by atoms with E-state index in [0.29, 0.717) is 5.69 Å². The molecule has 0 unspecified atom stereocenters. The molecule has 3 nitrogen and oxygen atoms in total. The van der Waals surface area contributed by atoms with E-state index in [1.807, 2.05) is 44.2 Å². The van der Waals surface area contributed by atoms with Crippen molar-refractivity contribution in [2.75, 3.05) is 0 Å². The highest BCUT2D eigenvalue weighted by Crippen LogP contribution is 2.20. The Morgan fingerprint density at radius 3 is 2.38 bits per heavy atom. The average molecular weight is 215 g/mol. The van der Waals surface area contributed by atoms with Gasteiger partial charge in [0.1, 0.15) is 5.69 Å². The van der Waals surface area contributed by atoms with Gasteiger partial charge >= 0.3 is 5.97 Å². The number of carboxylic acids is 1. The van der Waals surface area contributed by atoms with E-state index in [1.165, 1.54) is 0 Å². The second-order valence-electron chi connectivity index (χ2n) is 3.77. The van der Waals surface area contributed by atoms with Gasteiger partial charge in [0.25, 0.3) is 0 Å². The standard InChI is InChI=1S/C13H13NO2/c1-9-8-12(13(15)16)14(10(9)2)11-6-4-3-5-7-11/h3-8H,1-2H3,(H,15,16). The minimum Gasteiger partial charge on any atom is -0.477 e. The van der Waals surface area contributed by atoms with Gasteiger partial charge in [0.05, 0.1) is 0 Å². The monoisotopic (exact) mass is 215 g/mol. The second kappa shape index (κ2) is 3.85. The van der Waals surface area contributed by atoms with Crippen molar-refractivity contribution in [3.8, 4) is 5.69 Å². The summed E-state index contributed by atoms with van der Waals surface area (Å²) in [5, 5.41) is 9.14. The highest BCUT2D eigenvalue weighted by molar-refractivity contribution is 5.87. The van der Waals surface area contributed by atoms with E-state index >= 15 is 0 Å². The fraction of sp³-hybridized carbons (Fsp3) is 0.154. The smallest absolute Gasteiger partial charge is 0.352 e. The van der Waals surface area contributed by atoms with Crippen LogP contribution in [0.1, 0.15) is 21.7 Å². The lowest BCUT2D eigenvalue weighted by molar-refractivity contribution is 0.0688. The molecule has 1 aromatic heterocycles. The van der Waals surface area contributed by atoms with Crippen LogP contribution in [0, 0.1) is 13.8 Å². The lowest BCUT2D eigenvalue weighted by atomic mass is 10.3. The third-order valence-corrected chi connectivity index (χ3v) is 2.73. The highest BCUT2D eigenvalue weighted by Gasteiger charge is 2.15. The van der Waals surface area contributed by atoms with E-state index in [1.54, 1.807) is 10.6 Å². The van der Waals surface area contributed by atoms with Gasteiger partial charge in [-0.15, -0.1) is 0 Å². The minimum absolute atomic E-state index is 0.307. The van der Waals surface area contributed by atoms with Crippen molar-refractivity contribution in [2.45, 2.75) is 13.8 Å². The predicted molar refractivity (Wildman–Crippen MR) is 62.2 cm³/mol. The van der Waals surface area contributed by atoms with Gasteiger partial charge in [0.15, 0.2) is 0 Å². The third-order valence-electron chi connectivity index (χ3n) is 2.73. The zero-order valence-electron chi connectivity index (χ0n) is 9.27. The largest absolute Gasteiger partial charge is 0.477 e. The number of aromatic nitrogens is 1. The molecule has 0 fully saturated rings. The molecule has 0 aliphatic carbocycles. The molecule has 0 saturated heterocycles. The molecule has 2 aromatic rings. The molecular weight excluding hydrogens is 202 g/mol. The highest BCUT2D eigenvalue weighted by atomic mass is 16.4. The first kappa shape index (κ1) is 10.5. The molecule has 16 heavy (non-hydrogen) atoms. The molecule has 0 spiro atoms. The fourth-order valence-corrected chi connectivity index (χ4v) is 1.80. The molecule has 3 heteroatoms. The van der Waals surface area contributed by atoms with Crippen LogP contribution >= 0.6 is 0 Å². The molecule has 0 bridgehead atoms. The van der Waals surface area contributed by atoms with Crippen LogP contribution < -0.4 is 0 Å². The van der Waals surface area contributed by atoms with Crippen molar-refractivity contribution in [3.63, 3.8) is 0 Å². The minimum atomic E-state index is -0.903. The van der Waals surface area contributed by atoms with Crippen LogP contribution in [0.4, 0.5) is 0 Å². The first-order chi connectivity index (χ1) is 7.61. The summed E-state index contributed by atoms with van der Waals surface area (Å²) in [5.41, 5.74) is 3.14. The molecule has 1 heterocycles. The maximum Gasteiger partial charge on any atom is 0.352 e. The lowest BCUT2D eigenvalue weighted by Crippen LogP contribution is -2.07. The third kappa shape index (κ3) is 1.60. The Hall–Kier alpha value is -2.03. The van der Waals surface area contributed by atoms with Crippen LogP contribution in [0.5, 0.6) is 0 Å². The fourth-order valence-electron chi connectivity index (χ4n) is 1.80. The van der Waals surface area contributed by atoms with Gasteiger partial charge in [0, 0.05) is 11.4 Å². The number of carbonyl (C=O) groups is 1. The number of rotatable bonds is 2. The van der Waals surface area contributed by atoms with Gasteiger partial charge in [-0.05, 0) is 37.6 Å². The molecule has 2 rings (SSSR count). The summed E-state index contributed by atoms with van der Waals surface area (Å²) in [4.78, 5) is 11.1. The van der Waals surface area contributed by atoms with E-state index < -0.39 is 5.97 Å². The van der Waals surface area contributed by atoms with Crippen molar-refractivity contribution < 1.29 is 9.90 Å². The first-order valence-electron chi connectivity index (χ1n) is 5.09. The number of aromatic carboxylic acids is 1. The first-order valence-corrected chi connectivity index (χ1v) is 5.09. The Morgan fingerprint density at radius 1 is 1.19 bits per heavy atom. The maximum atomic E-state index is 11.1. The molecule has 82 valence electrons. The number of hydrogen-bond donors (Lipinski definition) is 1. The van der Waals surface area contributed by atoms with Crippen molar-refractivity contribution >= 4 is 5.97 Å². The Balaban J connectivity index is 2.68. The number of para-hydroxylation sites is 1. The number of aryl methyl sites for hydroxylation is 1. The van der Waals surface area contributed by atoms with Gasteiger partial charge in [-0.25, -0.2) is 4.79 Å². The molecule has 0 atom stereocenters. The van der Waals surface area contributed by atoms with Crippen LogP contribution in [-0.2, 0) is 0 Å². The number of benzene rings is 1. The van der Waals surface area contributed by atoms with Gasteiger partial charge < -0.3 is 9.67 Å². The summed E-state index contributed by atoms with van der Waals surface area (Å²) in [6.07, 6.45) is 0. The molecule has 0 saturated carbocycles. The van der Waals surface area contributed by atoms with Crippen molar-refractivity contribution in [1.29, 1.82) is 0 Å². The second-order valence-corrected chi connectivity index (χ2v) is 3.77. The topological polar surface area (TPSA) is 42.2 Å². The van der Waals surface area contributed by atoms with E-state index in [0.717, 1.165) is 16.9 Å². The Labute approximate surface area is 94.0 Å². The molecule has 0 aliphatic heterocycles. The SMILES string of the molecule is Cc1cc(C(=O)O)n(-c2ccccc2)c1C. The lowest BCUT2D eigenvalue weighted by Gasteiger charge is -2.09. The van der Waals surface area contributed by atoms with Crippen LogP contribution in [-0.4, -0.2) is 15.6 Å². The normalized spacial score (nSPS) is 10.4. The maximum absolute atomic E-state index is 11.1. The van der Waals surface area contributed by atoms with E-state index in [4.69, 9.17) is 5.11 Å². The predicted octanol–water partition coefficient (Wildman–Crippen LogP) is 2.79. The molecule has 0 aliphatic rings. The molecule has 0 radical (unpaired) electrons. The summed E-state index contributed by atoms with van der Waals surface area (Å²) in [7, 11) is 0.